The number of hydrogen-bond acceptors (Lipinski definition) is 2. The number of hydrogen-bond donors (Lipinski definition) is 1. The number of nitrogens with one attached hydrogen (secondary N) is 1. The third kappa shape index (κ3) is 3.89. The Morgan fingerprint density at radius 3 is 2.72 bits per heavy atom. The molecule has 0 heterocycles. The van der Waals surface area contributed by atoms with Gasteiger partial charge in [0.05, 0.1) is 11.3 Å². The van der Waals surface area contributed by atoms with Gasteiger partial charge in [0.2, 0.25) is 5.91 Å². The maximum atomic E-state index is 12.1. The molecule has 0 saturated carbocycles. The van der Waals surface area contributed by atoms with E-state index < -0.39 is 0 Å². The lowest BCUT2D eigenvalue weighted by Gasteiger charge is -2.15. The molecule has 1 aromatic carbocycles. The van der Waals surface area contributed by atoms with Crippen LogP contribution in [0.2, 0.25) is 0 Å². The van der Waals surface area contributed by atoms with Crippen LogP contribution in [0.15, 0.2) is 24.3 Å². The number of carbonyl (C=O) groups is 1. The summed E-state index contributed by atoms with van der Waals surface area (Å²) in [5.74, 6) is 0.0605. The molecule has 3 heteroatoms. The lowest BCUT2D eigenvalue weighted by Crippen LogP contribution is -2.22. The molecule has 0 saturated heterocycles. The second-order valence-electron chi connectivity index (χ2n) is 4.39. The van der Waals surface area contributed by atoms with E-state index in [2.05, 4.69) is 18.3 Å². The minimum Gasteiger partial charge on any atom is -0.325 e. The van der Waals surface area contributed by atoms with E-state index in [0.29, 0.717) is 11.3 Å². The van der Waals surface area contributed by atoms with Crippen molar-refractivity contribution < 1.29 is 4.79 Å². The summed E-state index contributed by atoms with van der Waals surface area (Å²) >= 11 is 0. The average Bonchev–Trinajstić information content (AvgIpc) is 2.40. The molecule has 3 nitrogen and oxygen atoms in total. The van der Waals surface area contributed by atoms with Gasteiger partial charge < -0.3 is 5.32 Å². The van der Waals surface area contributed by atoms with E-state index >= 15 is 0 Å². The molecule has 0 bridgehead atoms. The normalized spacial score (nSPS) is 11.6. The van der Waals surface area contributed by atoms with E-state index in [-0.39, 0.29) is 11.8 Å². The Morgan fingerprint density at radius 2 is 2.11 bits per heavy atom. The third-order valence-electron chi connectivity index (χ3n) is 3.08. The van der Waals surface area contributed by atoms with E-state index in [1.54, 1.807) is 18.2 Å². The van der Waals surface area contributed by atoms with Gasteiger partial charge in [-0.15, -0.1) is 0 Å². The molecule has 0 unspecified atom stereocenters. The first-order valence-corrected chi connectivity index (χ1v) is 6.52. The van der Waals surface area contributed by atoms with E-state index in [9.17, 15) is 4.79 Å². The van der Waals surface area contributed by atoms with Gasteiger partial charge in [-0.2, -0.15) is 5.26 Å². The van der Waals surface area contributed by atoms with Crippen LogP contribution in [0.1, 0.15) is 45.1 Å². The number of carbonyl (C=O) groups excluding carboxylic acids is 1. The Balaban J connectivity index is 2.71. The molecular formula is C15H20N2O. The van der Waals surface area contributed by atoms with Crippen molar-refractivity contribution >= 4 is 11.6 Å². The van der Waals surface area contributed by atoms with Crippen LogP contribution in [0, 0.1) is 17.2 Å². The van der Waals surface area contributed by atoms with Crippen LogP contribution in [-0.2, 0) is 4.79 Å². The first kappa shape index (κ1) is 14.2. The third-order valence-corrected chi connectivity index (χ3v) is 3.08. The van der Waals surface area contributed by atoms with Crippen LogP contribution < -0.4 is 5.32 Å². The molecule has 18 heavy (non-hydrogen) atoms. The maximum absolute atomic E-state index is 12.1. The van der Waals surface area contributed by atoms with Crippen molar-refractivity contribution in [3.63, 3.8) is 0 Å². The van der Waals surface area contributed by atoms with Gasteiger partial charge in [0.1, 0.15) is 6.07 Å². The zero-order chi connectivity index (χ0) is 13.4. The van der Waals surface area contributed by atoms with Crippen LogP contribution in [0.3, 0.4) is 0 Å². The predicted octanol–water partition coefficient (Wildman–Crippen LogP) is 3.71. The average molecular weight is 244 g/mol. The minimum absolute atomic E-state index is 0.0219. The predicted molar refractivity (Wildman–Crippen MR) is 73.1 cm³/mol. The number of rotatable bonds is 6. The largest absolute Gasteiger partial charge is 0.325 e. The summed E-state index contributed by atoms with van der Waals surface area (Å²) in [6.07, 6.45) is 3.90. The highest BCUT2D eigenvalue weighted by Crippen LogP contribution is 2.18. The summed E-state index contributed by atoms with van der Waals surface area (Å²) in [5, 5.41) is 11.8. The van der Waals surface area contributed by atoms with Crippen LogP contribution in [0.25, 0.3) is 0 Å². The number of amides is 1. The first-order chi connectivity index (χ1) is 8.72. The quantitative estimate of drug-likeness (QED) is 0.829. The van der Waals surface area contributed by atoms with Crippen molar-refractivity contribution in [1.82, 2.24) is 0 Å². The number of nitrogens with zero attached hydrogens (tertiary/aromatic N) is 1. The number of para-hydroxylation sites is 1. The molecule has 0 aromatic heterocycles. The van der Waals surface area contributed by atoms with Gasteiger partial charge in [-0.3, -0.25) is 4.79 Å². The van der Waals surface area contributed by atoms with Gasteiger partial charge in [-0.05, 0) is 25.0 Å². The Labute approximate surface area is 109 Å². The molecule has 1 amide bonds. The topological polar surface area (TPSA) is 52.9 Å². The Kier molecular flexibility index (Phi) is 5.93. The molecule has 1 rings (SSSR count). The van der Waals surface area contributed by atoms with Gasteiger partial charge in [-0.1, -0.05) is 38.8 Å². The fourth-order valence-corrected chi connectivity index (χ4v) is 1.90. The van der Waals surface area contributed by atoms with Crippen LogP contribution in [-0.4, -0.2) is 5.91 Å². The second kappa shape index (κ2) is 7.50. The first-order valence-electron chi connectivity index (χ1n) is 6.52. The summed E-state index contributed by atoms with van der Waals surface area (Å²) in [7, 11) is 0. The zero-order valence-electron chi connectivity index (χ0n) is 11.1. The van der Waals surface area contributed by atoms with Gasteiger partial charge >= 0.3 is 0 Å². The summed E-state index contributed by atoms with van der Waals surface area (Å²) in [6.45, 7) is 4.14. The van der Waals surface area contributed by atoms with Crippen molar-refractivity contribution in [3.8, 4) is 6.07 Å². The van der Waals surface area contributed by atoms with Crippen LogP contribution >= 0.6 is 0 Å². The number of nitriles is 1. The van der Waals surface area contributed by atoms with Gasteiger partial charge in [0.15, 0.2) is 0 Å². The molecule has 0 aliphatic rings. The molecule has 0 fully saturated rings. The van der Waals surface area contributed by atoms with Crippen molar-refractivity contribution in [1.29, 1.82) is 5.26 Å². The SMILES string of the molecule is CCCC[C@H](CC)C(=O)Nc1ccccc1C#N. The summed E-state index contributed by atoms with van der Waals surface area (Å²) in [6, 6.07) is 9.18. The van der Waals surface area contributed by atoms with Gasteiger partial charge in [0, 0.05) is 5.92 Å². The van der Waals surface area contributed by atoms with Crippen LogP contribution in [0.5, 0.6) is 0 Å². The summed E-state index contributed by atoms with van der Waals surface area (Å²) in [4.78, 5) is 12.1. The Hall–Kier alpha value is -1.82. The maximum Gasteiger partial charge on any atom is 0.227 e. The smallest absolute Gasteiger partial charge is 0.227 e. The molecule has 1 atom stereocenters. The van der Waals surface area contributed by atoms with Gasteiger partial charge in [-0.25, -0.2) is 0 Å². The summed E-state index contributed by atoms with van der Waals surface area (Å²) in [5.41, 5.74) is 1.12. The highest BCUT2D eigenvalue weighted by Gasteiger charge is 2.16. The van der Waals surface area contributed by atoms with Crippen molar-refractivity contribution in [2.75, 3.05) is 5.32 Å². The highest BCUT2D eigenvalue weighted by atomic mass is 16.1. The Bertz CT molecular complexity index is 434. The van der Waals surface area contributed by atoms with Crippen molar-refractivity contribution in [2.45, 2.75) is 39.5 Å². The lowest BCUT2D eigenvalue weighted by atomic mass is 9.98. The fourth-order valence-electron chi connectivity index (χ4n) is 1.90. The molecule has 0 radical (unpaired) electrons. The van der Waals surface area contributed by atoms with E-state index in [1.165, 1.54) is 0 Å². The van der Waals surface area contributed by atoms with Crippen molar-refractivity contribution in [3.05, 3.63) is 29.8 Å². The number of anilines is 1. The second-order valence-corrected chi connectivity index (χ2v) is 4.39. The van der Waals surface area contributed by atoms with Crippen molar-refractivity contribution in [2.24, 2.45) is 5.92 Å². The van der Waals surface area contributed by atoms with E-state index in [4.69, 9.17) is 5.26 Å². The number of unbranched alkanes of at least 4 members (excludes halogenated alkanes) is 1. The standard InChI is InChI=1S/C15H20N2O/c1-3-5-8-12(4-2)15(18)17-14-10-7-6-9-13(14)11-16/h6-7,9-10,12H,3-5,8H2,1-2H3,(H,17,18)/t12-/m0/s1. The molecule has 0 aliphatic heterocycles. The molecule has 96 valence electrons. The lowest BCUT2D eigenvalue weighted by molar-refractivity contribution is -0.120. The van der Waals surface area contributed by atoms with Crippen LogP contribution in [0.4, 0.5) is 5.69 Å². The molecule has 0 aliphatic carbocycles. The minimum atomic E-state index is 0.0219. The number of benzene rings is 1. The molecule has 0 spiro atoms. The molecular weight excluding hydrogens is 224 g/mol. The van der Waals surface area contributed by atoms with E-state index in [0.717, 1.165) is 25.7 Å². The molecule has 1 aromatic rings. The molecule has 1 N–H and O–H groups in total. The summed E-state index contributed by atoms with van der Waals surface area (Å²) < 4.78 is 0. The Morgan fingerprint density at radius 1 is 1.39 bits per heavy atom. The highest BCUT2D eigenvalue weighted by molar-refractivity contribution is 5.93. The van der Waals surface area contributed by atoms with Gasteiger partial charge in [0.25, 0.3) is 0 Å². The van der Waals surface area contributed by atoms with E-state index in [1.807, 2.05) is 13.0 Å². The monoisotopic (exact) mass is 244 g/mol. The fraction of sp³-hybridized carbons (Fsp3) is 0.467. The zero-order valence-corrected chi connectivity index (χ0v) is 11.1.